The summed E-state index contributed by atoms with van der Waals surface area (Å²) in [6, 6.07) is 0.268. The largest absolute Gasteiger partial charge is 0.355 e. The molecule has 19 heavy (non-hydrogen) atoms. The highest BCUT2D eigenvalue weighted by molar-refractivity contribution is 5.85. The van der Waals surface area contributed by atoms with Gasteiger partial charge < -0.3 is 15.2 Å². The third kappa shape index (κ3) is 6.54. The third-order valence-electron chi connectivity index (χ3n) is 2.66. The van der Waals surface area contributed by atoms with Crippen LogP contribution in [0.2, 0.25) is 0 Å². The summed E-state index contributed by atoms with van der Waals surface area (Å²) < 4.78 is 5.07. The summed E-state index contributed by atoms with van der Waals surface area (Å²) in [7, 11) is 1.86. The van der Waals surface area contributed by atoms with Crippen LogP contribution in [-0.2, 0) is 11.2 Å². The molecule has 6 nitrogen and oxygen atoms in total. The van der Waals surface area contributed by atoms with E-state index in [0.29, 0.717) is 31.1 Å². The van der Waals surface area contributed by atoms with Gasteiger partial charge in [-0.25, -0.2) is 0 Å². The van der Waals surface area contributed by atoms with E-state index in [9.17, 15) is 4.79 Å². The number of nitrogens with zero attached hydrogens (tertiary/aromatic N) is 2. The molecule has 0 saturated carbocycles. The van der Waals surface area contributed by atoms with Crippen LogP contribution in [0.3, 0.4) is 0 Å². The molecule has 1 heterocycles. The lowest BCUT2D eigenvalue weighted by Gasteiger charge is -2.10. The lowest BCUT2D eigenvalue weighted by atomic mass is 10.2. The number of carbonyl (C=O) groups excluding carboxylic acids is 1. The fourth-order valence-corrected chi connectivity index (χ4v) is 1.28. The number of hydrogen-bond acceptors (Lipinski definition) is 5. The lowest BCUT2D eigenvalue weighted by Crippen LogP contribution is -2.37. The van der Waals surface area contributed by atoms with Gasteiger partial charge in [-0.3, -0.25) is 4.79 Å². The van der Waals surface area contributed by atoms with Gasteiger partial charge in [0.2, 0.25) is 11.8 Å². The zero-order chi connectivity index (χ0) is 13.5. The molecule has 110 valence electrons. The number of likely N-dealkylation sites (N-methyl/N-ethyl adjacent to an activating group) is 1. The molecular formula is C12H23ClN4O2. The molecule has 0 radical (unpaired) electrons. The summed E-state index contributed by atoms with van der Waals surface area (Å²) >= 11 is 0. The fraction of sp³-hybridized carbons (Fsp3) is 0.750. The quantitative estimate of drug-likeness (QED) is 0.790. The first-order chi connectivity index (χ1) is 8.52. The van der Waals surface area contributed by atoms with Gasteiger partial charge in [-0.05, 0) is 14.0 Å². The summed E-state index contributed by atoms with van der Waals surface area (Å²) in [6.07, 6.45) is 0.857. The van der Waals surface area contributed by atoms with Crippen LogP contribution in [0.5, 0.6) is 0 Å². The Labute approximate surface area is 120 Å². The van der Waals surface area contributed by atoms with Gasteiger partial charge in [-0.15, -0.1) is 12.4 Å². The highest BCUT2D eigenvalue weighted by Crippen LogP contribution is 2.10. The number of hydrogen-bond donors (Lipinski definition) is 2. The molecule has 0 bridgehead atoms. The number of rotatable bonds is 7. The topological polar surface area (TPSA) is 80.0 Å². The predicted octanol–water partition coefficient (Wildman–Crippen LogP) is 1.27. The number of aromatic nitrogens is 2. The number of amides is 1. The molecule has 0 aromatic carbocycles. The number of nitrogens with one attached hydrogen (secondary N) is 2. The molecule has 0 aliphatic rings. The average Bonchev–Trinajstić information content (AvgIpc) is 2.82. The van der Waals surface area contributed by atoms with E-state index < -0.39 is 0 Å². The van der Waals surface area contributed by atoms with Crippen molar-refractivity contribution in [2.75, 3.05) is 13.6 Å². The monoisotopic (exact) mass is 290 g/mol. The highest BCUT2D eigenvalue weighted by Gasteiger charge is 2.11. The number of aryl methyl sites for hydroxylation is 1. The van der Waals surface area contributed by atoms with Gasteiger partial charge >= 0.3 is 0 Å². The molecule has 0 spiro atoms. The Morgan fingerprint density at radius 3 is 2.58 bits per heavy atom. The van der Waals surface area contributed by atoms with Gasteiger partial charge in [-0.1, -0.05) is 19.0 Å². The summed E-state index contributed by atoms with van der Waals surface area (Å²) in [5.41, 5.74) is 0. The van der Waals surface area contributed by atoms with Crippen LogP contribution in [0, 0.1) is 0 Å². The van der Waals surface area contributed by atoms with E-state index in [1.807, 2.05) is 27.8 Å². The first kappa shape index (κ1) is 17.9. The maximum Gasteiger partial charge on any atom is 0.227 e. The van der Waals surface area contributed by atoms with Crippen LogP contribution in [0.25, 0.3) is 0 Å². The van der Waals surface area contributed by atoms with E-state index in [2.05, 4.69) is 20.8 Å². The Morgan fingerprint density at radius 2 is 2.05 bits per heavy atom. The zero-order valence-electron chi connectivity index (χ0n) is 11.9. The maximum atomic E-state index is 11.5. The van der Waals surface area contributed by atoms with Crippen molar-refractivity contribution in [3.05, 3.63) is 11.7 Å². The molecule has 0 aliphatic heterocycles. The highest BCUT2D eigenvalue weighted by atomic mass is 35.5. The van der Waals surface area contributed by atoms with Crippen LogP contribution in [-0.4, -0.2) is 35.7 Å². The summed E-state index contributed by atoms with van der Waals surface area (Å²) in [4.78, 5) is 15.8. The molecule has 0 fully saturated rings. The average molecular weight is 291 g/mol. The molecule has 0 aliphatic carbocycles. The summed E-state index contributed by atoms with van der Waals surface area (Å²) in [5.74, 6) is 1.46. The maximum absolute atomic E-state index is 11.5. The molecule has 1 amide bonds. The first-order valence-electron chi connectivity index (χ1n) is 6.29. The Bertz CT molecular complexity index is 382. The van der Waals surface area contributed by atoms with E-state index >= 15 is 0 Å². The van der Waals surface area contributed by atoms with E-state index in [0.717, 1.165) is 0 Å². The molecule has 1 rings (SSSR count). The standard InChI is InChI=1S/C12H22N4O2.ClH/c1-8(2)12-15-11(18-16-12)6-5-10(17)14-7-9(3)13-4;/h8-9,13H,5-7H2,1-4H3,(H,14,17);1H. The molecule has 1 aromatic rings. The number of halogens is 1. The van der Waals surface area contributed by atoms with Crippen LogP contribution in [0.1, 0.15) is 44.8 Å². The van der Waals surface area contributed by atoms with E-state index in [-0.39, 0.29) is 30.3 Å². The van der Waals surface area contributed by atoms with E-state index in [1.54, 1.807) is 0 Å². The normalized spacial score (nSPS) is 12.1. The van der Waals surface area contributed by atoms with Crippen LogP contribution in [0.15, 0.2) is 4.52 Å². The van der Waals surface area contributed by atoms with Crippen molar-refractivity contribution in [1.82, 2.24) is 20.8 Å². The van der Waals surface area contributed by atoms with Gasteiger partial charge in [0, 0.05) is 31.3 Å². The molecule has 1 aromatic heterocycles. The van der Waals surface area contributed by atoms with Crippen molar-refractivity contribution < 1.29 is 9.32 Å². The predicted molar refractivity (Wildman–Crippen MR) is 75.5 cm³/mol. The molecule has 1 unspecified atom stereocenters. The minimum Gasteiger partial charge on any atom is -0.355 e. The van der Waals surface area contributed by atoms with E-state index in [1.165, 1.54) is 0 Å². The van der Waals surface area contributed by atoms with Crippen molar-refractivity contribution in [2.24, 2.45) is 0 Å². The molecule has 0 saturated heterocycles. The summed E-state index contributed by atoms with van der Waals surface area (Å²) in [6.45, 7) is 6.63. The van der Waals surface area contributed by atoms with Crippen molar-refractivity contribution in [1.29, 1.82) is 0 Å². The smallest absolute Gasteiger partial charge is 0.227 e. The molecular weight excluding hydrogens is 268 g/mol. The van der Waals surface area contributed by atoms with Gasteiger partial charge in [0.15, 0.2) is 5.82 Å². The van der Waals surface area contributed by atoms with Crippen molar-refractivity contribution >= 4 is 18.3 Å². The molecule has 7 heteroatoms. The Hall–Kier alpha value is -1.14. The minimum absolute atomic E-state index is 0. The zero-order valence-corrected chi connectivity index (χ0v) is 12.7. The minimum atomic E-state index is 0. The Balaban J connectivity index is 0.00000324. The molecule has 2 N–H and O–H groups in total. The second-order valence-corrected chi connectivity index (χ2v) is 4.69. The molecule has 1 atom stereocenters. The van der Waals surface area contributed by atoms with Gasteiger partial charge in [0.1, 0.15) is 0 Å². The lowest BCUT2D eigenvalue weighted by molar-refractivity contribution is -0.121. The van der Waals surface area contributed by atoms with E-state index in [4.69, 9.17) is 4.52 Å². The summed E-state index contributed by atoms with van der Waals surface area (Å²) in [5, 5.41) is 9.75. The van der Waals surface area contributed by atoms with Crippen molar-refractivity contribution in [2.45, 2.75) is 45.6 Å². The van der Waals surface area contributed by atoms with Gasteiger partial charge in [0.25, 0.3) is 0 Å². The van der Waals surface area contributed by atoms with Gasteiger partial charge in [0.05, 0.1) is 0 Å². The first-order valence-corrected chi connectivity index (χ1v) is 6.29. The Kier molecular flexibility index (Phi) is 8.34. The second kappa shape index (κ2) is 8.87. The number of carbonyl (C=O) groups is 1. The van der Waals surface area contributed by atoms with Gasteiger partial charge in [-0.2, -0.15) is 4.98 Å². The fourth-order valence-electron chi connectivity index (χ4n) is 1.28. The van der Waals surface area contributed by atoms with Crippen LogP contribution < -0.4 is 10.6 Å². The van der Waals surface area contributed by atoms with Crippen molar-refractivity contribution in [3.8, 4) is 0 Å². The van der Waals surface area contributed by atoms with Crippen LogP contribution >= 0.6 is 12.4 Å². The SMILES string of the molecule is CNC(C)CNC(=O)CCc1nc(C(C)C)no1.Cl. The Morgan fingerprint density at radius 1 is 1.37 bits per heavy atom. The third-order valence-corrected chi connectivity index (χ3v) is 2.66. The second-order valence-electron chi connectivity index (χ2n) is 4.69. The van der Waals surface area contributed by atoms with Crippen molar-refractivity contribution in [3.63, 3.8) is 0 Å². The van der Waals surface area contributed by atoms with Crippen LogP contribution in [0.4, 0.5) is 0 Å².